The Balaban J connectivity index is 2.08. The van der Waals surface area contributed by atoms with Crippen molar-refractivity contribution in [2.24, 2.45) is 4.99 Å². The normalized spacial score (nSPS) is 11.7. The van der Waals surface area contributed by atoms with Gasteiger partial charge >= 0.3 is 0 Å². The molecule has 2 N–H and O–H groups in total. The van der Waals surface area contributed by atoms with Crippen LogP contribution in [0.2, 0.25) is 0 Å². The van der Waals surface area contributed by atoms with Crippen LogP contribution in [-0.4, -0.2) is 21.8 Å². The molecule has 0 saturated heterocycles. The number of ketones is 1. The van der Waals surface area contributed by atoms with Crippen LogP contribution < -0.4 is 5.73 Å². The summed E-state index contributed by atoms with van der Waals surface area (Å²) in [5.41, 5.74) is 5.51. The lowest BCUT2D eigenvalue weighted by Crippen LogP contribution is -2.14. The predicted molar refractivity (Wildman–Crippen MR) is 66.7 cm³/mol. The summed E-state index contributed by atoms with van der Waals surface area (Å²) in [6.07, 6.45) is 2.81. The van der Waals surface area contributed by atoms with Crippen LogP contribution in [0.4, 0.5) is 11.6 Å². The topological polar surface area (TPSA) is 121 Å². The molecule has 3 aromatic rings. The molecule has 0 fully saturated rings. The minimum atomic E-state index is -0.465. The first-order chi connectivity index (χ1) is 9.75. The smallest absolute Gasteiger partial charge is 0.250 e. The van der Waals surface area contributed by atoms with E-state index in [0.717, 1.165) is 0 Å². The van der Waals surface area contributed by atoms with E-state index in [1.54, 1.807) is 18.2 Å². The second-order valence-electron chi connectivity index (χ2n) is 3.72. The molecule has 8 heteroatoms. The van der Waals surface area contributed by atoms with Crippen molar-refractivity contribution >= 4 is 23.1 Å². The van der Waals surface area contributed by atoms with E-state index in [0.29, 0.717) is 0 Å². The first kappa shape index (κ1) is 11.9. The quantitative estimate of drug-likeness (QED) is 0.568. The van der Waals surface area contributed by atoms with Crippen molar-refractivity contribution in [1.29, 1.82) is 0 Å². The number of hydrogen-bond acceptors (Lipinski definition) is 8. The lowest BCUT2D eigenvalue weighted by molar-refractivity contribution is 0.104. The highest BCUT2D eigenvalue weighted by atomic mass is 16.6. The van der Waals surface area contributed by atoms with E-state index < -0.39 is 5.78 Å². The van der Waals surface area contributed by atoms with Crippen LogP contribution in [0.25, 0.3) is 0 Å². The molecule has 0 amide bonds. The fourth-order valence-electron chi connectivity index (χ4n) is 1.53. The monoisotopic (exact) mass is 272 g/mol. The highest BCUT2D eigenvalue weighted by molar-refractivity contribution is 6.50. The second kappa shape index (κ2) is 4.84. The summed E-state index contributed by atoms with van der Waals surface area (Å²) < 4.78 is 14.7. The minimum Gasteiger partial charge on any atom is -0.463 e. The Hall–Kier alpha value is -3.16. The van der Waals surface area contributed by atoms with E-state index in [1.807, 2.05) is 0 Å². The zero-order chi connectivity index (χ0) is 13.9. The summed E-state index contributed by atoms with van der Waals surface area (Å²) in [6, 6.07) is 6.33. The molecule has 8 nitrogen and oxygen atoms in total. The fraction of sp³-hybridized carbons (Fsp3) is 0. The van der Waals surface area contributed by atoms with Gasteiger partial charge in [0.05, 0.1) is 12.5 Å². The summed E-state index contributed by atoms with van der Waals surface area (Å²) in [5, 5.41) is 6.90. The van der Waals surface area contributed by atoms with Gasteiger partial charge < -0.3 is 14.6 Å². The molecule has 3 aromatic heterocycles. The highest BCUT2D eigenvalue weighted by Crippen LogP contribution is 2.19. The van der Waals surface area contributed by atoms with E-state index in [1.165, 1.54) is 18.6 Å². The summed E-state index contributed by atoms with van der Waals surface area (Å²) in [5.74, 6) is -0.117. The molecule has 0 radical (unpaired) electrons. The number of nitrogens with zero attached hydrogens (tertiary/aromatic N) is 3. The lowest BCUT2D eigenvalue weighted by Gasteiger charge is -1.99. The molecular weight excluding hydrogens is 264 g/mol. The van der Waals surface area contributed by atoms with E-state index in [9.17, 15) is 4.79 Å². The van der Waals surface area contributed by atoms with Crippen LogP contribution in [0, 0.1) is 0 Å². The number of carbonyl (C=O) groups is 1. The zero-order valence-electron chi connectivity index (χ0n) is 10.0. The Bertz CT molecular complexity index is 740. The Labute approximate surface area is 111 Å². The number of rotatable bonds is 4. The number of carbonyl (C=O) groups excluding carboxylic acids is 1. The van der Waals surface area contributed by atoms with Gasteiger partial charge in [0.1, 0.15) is 0 Å². The molecule has 0 aliphatic heterocycles. The van der Waals surface area contributed by atoms with Crippen molar-refractivity contribution in [3.05, 3.63) is 48.3 Å². The van der Waals surface area contributed by atoms with Crippen LogP contribution in [0.3, 0.4) is 0 Å². The largest absolute Gasteiger partial charge is 0.463 e. The molecule has 20 heavy (non-hydrogen) atoms. The van der Waals surface area contributed by atoms with Gasteiger partial charge in [-0.3, -0.25) is 4.79 Å². The maximum absolute atomic E-state index is 12.3. The number of hydrogen-bond donors (Lipinski definition) is 1. The van der Waals surface area contributed by atoms with Gasteiger partial charge in [-0.25, -0.2) is 9.62 Å². The molecule has 0 bridgehead atoms. The molecular formula is C12H8N4O4. The highest BCUT2D eigenvalue weighted by Gasteiger charge is 2.22. The van der Waals surface area contributed by atoms with Crippen molar-refractivity contribution < 1.29 is 18.3 Å². The minimum absolute atomic E-state index is 0.00342. The molecule has 3 heterocycles. The van der Waals surface area contributed by atoms with Gasteiger partial charge in [0.25, 0.3) is 0 Å². The number of anilines is 1. The Kier molecular flexibility index (Phi) is 2.88. The molecule has 0 aliphatic carbocycles. The van der Waals surface area contributed by atoms with Crippen molar-refractivity contribution in [2.45, 2.75) is 0 Å². The number of Topliss-reactive ketones (excluding diaryl/α,β-unsaturated/α-hetero) is 1. The van der Waals surface area contributed by atoms with Crippen LogP contribution in [-0.2, 0) is 0 Å². The first-order valence-corrected chi connectivity index (χ1v) is 5.54. The Morgan fingerprint density at radius 1 is 1.10 bits per heavy atom. The molecule has 0 saturated carbocycles. The van der Waals surface area contributed by atoms with Crippen molar-refractivity contribution in [2.75, 3.05) is 5.73 Å². The predicted octanol–water partition coefficient (Wildman–Crippen LogP) is 1.84. The van der Waals surface area contributed by atoms with Crippen molar-refractivity contribution in [3.63, 3.8) is 0 Å². The van der Waals surface area contributed by atoms with E-state index in [2.05, 4.69) is 19.9 Å². The van der Waals surface area contributed by atoms with Gasteiger partial charge in [-0.2, -0.15) is 0 Å². The third-order valence-electron chi connectivity index (χ3n) is 2.43. The van der Waals surface area contributed by atoms with Crippen LogP contribution in [0.15, 0.2) is 55.2 Å². The average Bonchev–Trinajstić information content (AvgIpc) is 3.18. The van der Waals surface area contributed by atoms with Gasteiger partial charge in [0.2, 0.25) is 17.4 Å². The molecule has 0 aromatic carbocycles. The summed E-state index contributed by atoms with van der Waals surface area (Å²) in [7, 11) is 0. The van der Waals surface area contributed by atoms with Crippen molar-refractivity contribution in [1.82, 2.24) is 10.3 Å². The van der Waals surface area contributed by atoms with Gasteiger partial charge in [-0.05, 0) is 34.6 Å². The molecule has 0 aliphatic rings. The molecule has 0 atom stereocenters. The van der Waals surface area contributed by atoms with Gasteiger partial charge in [0.15, 0.2) is 17.2 Å². The molecule has 0 unspecified atom stereocenters. The van der Waals surface area contributed by atoms with E-state index in [-0.39, 0.29) is 28.9 Å². The Morgan fingerprint density at radius 2 is 1.80 bits per heavy atom. The summed E-state index contributed by atoms with van der Waals surface area (Å²) >= 11 is 0. The third-order valence-corrected chi connectivity index (χ3v) is 2.43. The van der Waals surface area contributed by atoms with E-state index in [4.69, 9.17) is 14.6 Å². The number of aliphatic imine (C=N–C) groups is 1. The van der Waals surface area contributed by atoms with Crippen LogP contribution in [0.1, 0.15) is 16.3 Å². The lowest BCUT2D eigenvalue weighted by atomic mass is 10.1. The van der Waals surface area contributed by atoms with Crippen LogP contribution in [0.5, 0.6) is 0 Å². The SMILES string of the molecule is Nc1nonc1N=C(C(=O)c1ccco1)c1ccco1. The average molecular weight is 272 g/mol. The summed E-state index contributed by atoms with van der Waals surface area (Å²) in [6.45, 7) is 0. The number of nitrogens with two attached hydrogens (primary N) is 1. The molecule has 3 rings (SSSR count). The first-order valence-electron chi connectivity index (χ1n) is 5.54. The maximum atomic E-state index is 12.3. The maximum Gasteiger partial charge on any atom is 0.250 e. The number of nitrogen functional groups attached to an aromatic ring is 1. The van der Waals surface area contributed by atoms with Crippen LogP contribution >= 0.6 is 0 Å². The Morgan fingerprint density at radius 3 is 2.35 bits per heavy atom. The van der Waals surface area contributed by atoms with Gasteiger partial charge in [-0.15, -0.1) is 0 Å². The van der Waals surface area contributed by atoms with E-state index >= 15 is 0 Å². The number of aromatic nitrogens is 2. The number of furan rings is 2. The molecule has 100 valence electrons. The standard InChI is InChI=1S/C12H8N4O4/c13-11-12(16-20-15-11)14-9(7-3-1-5-18-7)10(17)8-4-2-6-19-8/h1-6H,(H2,13,15). The zero-order valence-corrected chi connectivity index (χ0v) is 10.0. The third kappa shape index (κ3) is 2.09. The van der Waals surface area contributed by atoms with Gasteiger partial charge in [-0.1, -0.05) is 0 Å². The second-order valence-corrected chi connectivity index (χ2v) is 3.72. The summed E-state index contributed by atoms with van der Waals surface area (Å²) in [4.78, 5) is 16.4. The van der Waals surface area contributed by atoms with Crippen molar-refractivity contribution in [3.8, 4) is 0 Å². The molecule has 0 spiro atoms. The fourth-order valence-corrected chi connectivity index (χ4v) is 1.53. The van der Waals surface area contributed by atoms with Gasteiger partial charge in [0, 0.05) is 0 Å².